The summed E-state index contributed by atoms with van der Waals surface area (Å²) in [7, 11) is 0. The normalized spacial score (nSPS) is 16.5. The zero-order chi connectivity index (χ0) is 17.3. The number of H-pyrrole nitrogens is 1. The molecule has 24 heavy (non-hydrogen) atoms. The molecule has 2 N–H and O–H groups in total. The molecule has 2 heterocycles. The molecule has 1 unspecified atom stereocenters. The van der Waals surface area contributed by atoms with Crippen LogP contribution in [-0.4, -0.2) is 64.0 Å². The smallest absolute Gasteiger partial charge is 0.251 e. The summed E-state index contributed by atoms with van der Waals surface area (Å²) in [6, 6.07) is 6.06. The molecule has 6 nitrogen and oxygen atoms in total. The molecule has 1 aromatic heterocycles. The number of aliphatic hydroxyl groups is 1. The molecule has 2 amide bonds. The van der Waals surface area contributed by atoms with E-state index < -0.39 is 6.10 Å². The van der Waals surface area contributed by atoms with Gasteiger partial charge in [-0.3, -0.25) is 9.59 Å². The Hall–Kier alpha value is -2.34. The number of aromatic nitrogens is 1. The molecule has 3 rings (SSSR count). The van der Waals surface area contributed by atoms with E-state index in [2.05, 4.69) is 4.98 Å². The highest BCUT2D eigenvalue weighted by atomic mass is 16.3. The number of piperazine rings is 1. The standard InChI is InChI=1S/C18H23N3O3/c1-12-4-3-5-15-17(12)14(11-19-15)10-16(23)20-6-8-21(9-7-20)18(24)13(2)22/h3-5,11,13,19,22H,6-10H2,1-2H3. The molecule has 128 valence electrons. The summed E-state index contributed by atoms with van der Waals surface area (Å²) in [5.74, 6) is -0.197. The molecule has 0 radical (unpaired) electrons. The highest BCUT2D eigenvalue weighted by Gasteiger charge is 2.26. The van der Waals surface area contributed by atoms with Crippen molar-refractivity contribution in [1.29, 1.82) is 0 Å². The fourth-order valence-electron chi connectivity index (χ4n) is 3.31. The Morgan fingerprint density at radius 3 is 2.54 bits per heavy atom. The third-order valence-electron chi connectivity index (χ3n) is 4.64. The molecule has 1 aliphatic heterocycles. The van der Waals surface area contributed by atoms with E-state index in [9.17, 15) is 14.7 Å². The fourth-order valence-corrected chi connectivity index (χ4v) is 3.31. The maximum Gasteiger partial charge on any atom is 0.251 e. The van der Waals surface area contributed by atoms with Crippen molar-refractivity contribution in [2.45, 2.75) is 26.4 Å². The zero-order valence-electron chi connectivity index (χ0n) is 14.1. The highest BCUT2D eigenvalue weighted by molar-refractivity contribution is 5.91. The Kier molecular flexibility index (Phi) is 4.57. The van der Waals surface area contributed by atoms with Crippen LogP contribution in [0.3, 0.4) is 0 Å². The van der Waals surface area contributed by atoms with Crippen LogP contribution in [0.4, 0.5) is 0 Å². The molecule has 1 atom stereocenters. The van der Waals surface area contributed by atoms with Crippen LogP contribution in [0.15, 0.2) is 24.4 Å². The number of benzene rings is 1. The van der Waals surface area contributed by atoms with E-state index in [4.69, 9.17) is 0 Å². The summed E-state index contributed by atoms with van der Waals surface area (Å²) >= 11 is 0. The van der Waals surface area contributed by atoms with Gasteiger partial charge in [0, 0.05) is 43.3 Å². The molecular weight excluding hydrogens is 306 g/mol. The predicted octanol–water partition coefficient (Wildman–Crippen LogP) is 1.07. The van der Waals surface area contributed by atoms with Crippen LogP contribution in [-0.2, 0) is 16.0 Å². The van der Waals surface area contributed by atoms with Crippen molar-refractivity contribution in [3.63, 3.8) is 0 Å². The molecule has 1 aliphatic rings. The van der Waals surface area contributed by atoms with Gasteiger partial charge in [0.15, 0.2) is 0 Å². The number of hydrogen-bond donors (Lipinski definition) is 2. The number of carbonyl (C=O) groups is 2. The van der Waals surface area contributed by atoms with Crippen molar-refractivity contribution in [1.82, 2.24) is 14.8 Å². The van der Waals surface area contributed by atoms with Crippen molar-refractivity contribution in [3.8, 4) is 0 Å². The first kappa shape index (κ1) is 16.5. The molecule has 2 aromatic rings. The first-order valence-electron chi connectivity index (χ1n) is 8.27. The van der Waals surface area contributed by atoms with Crippen LogP contribution in [0.25, 0.3) is 10.9 Å². The third kappa shape index (κ3) is 3.14. The van der Waals surface area contributed by atoms with E-state index in [1.807, 2.05) is 31.3 Å². The fraction of sp³-hybridized carbons (Fsp3) is 0.444. The van der Waals surface area contributed by atoms with Gasteiger partial charge in [0.05, 0.1) is 6.42 Å². The molecule has 0 bridgehead atoms. The van der Waals surface area contributed by atoms with E-state index >= 15 is 0 Å². The van der Waals surface area contributed by atoms with Crippen LogP contribution < -0.4 is 0 Å². The SMILES string of the molecule is Cc1cccc2[nH]cc(CC(=O)N3CCN(C(=O)C(C)O)CC3)c12. The maximum absolute atomic E-state index is 12.6. The summed E-state index contributed by atoms with van der Waals surface area (Å²) in [5, 5.41) is 10.5. The number of nitrogens with one attached hydrogen (secondary N) is 1. The summed E-state index contributed by atoms with van der Waals surface area (Å²) in [5.41, 5.74) is 3.21. The lowest BCUT2D eigenvalue weighted by Gasteiger charge is -2.35. The number of amides is 2. The molecule has 1 aromatic carbocycles. The second-order valence-corrected chi connectivity index (χ2v) is 6.37. The van der Waals surface area contributed by atoms with Gasteiger partial charge in [-0.05, 0) is 31.0 Å². The quantitative estimate of drug-likeness (QED) is 0.884. The third-order valence-corrected chi connectivity index (χ3v) is 4.64. The monoisotopic (exact) mass is 329 g/mol. The van der Waals surface area contributed by atoms with E-state index in [1.165, 1.54) is 6.92 Å². The average molecular weight is 329 g/mol. The molecule has 1 saturated heterocycles. The largest absolute Gasteiger partial charge is 0.384 e. The summed E-state index contributed by atoms with van der Waals surface area (Å²) < 4.78 is 0. The van der Waals surface area contributed by atoms with E-state index in [1.54, 1.807) is 9.80 Å². The van der Waals surface area contributed by atoms with Gasteiger partial charge in [-0.1, -0.05) is 12.1 Å². The van der Waals surface area contributed by atoms with Gasteiger partial charge in [0.2, 0.25) is 5.91 Å². The van der Waals surface area contributed by atoms with Crippen LogP contribution in [0.1, 0.15) is 18.1 Å². The van der Waals surface area contributed by atoms with Gasteiger partial charge in [0.1, 0.15) is 6.10 Å². The Morgan fingerprint density at radius 1 is 1.21 bits per heavy atom. The molecular formula is C18H23N3O3. The van der Waals surface area contributed by atoms with Crippen molar-refractivity contribution >= 4 is 22.7 Å². The van der Waals surface area contributed by atoms with Gasteiger partial charge in [-0.2, -0.15) is 0 Å². The highest BCUT2D eigenvalue weighted by Crippen LogP contribution is 2.23. The van der Waals surface area contributed by atoms with Gasteiger partial charge in [-0.15, -0.1) is 0 Å². The lowest BCUT2D eigenvalue weighted by molar-refractivity contribution is -0.144. The van der Waals surface area contributed by atoms with Crippen LogP contribution in [0, 0.1) is 6.92 Å². The number of fused-ring (bicyclic) bond motifs is 1. The first-order chi connectivity index (χ1) is 11.5. The number of nitrogens with zero attached hydrogens (tertiary/aromatic N) is 2. The van der Waals surface area contributed by atoms with Crippen LogP contribution >= 0.6 is 0 Å². The van der Waals surface area contributed by atoms with Crippen molar-refractivity contribution in [2.24, 2.45) is 0 Å². The summed E-state index contributed by atoms with van der Waals surface area (Å²) in [6.45, 7) is 5.49. The zero-order valence-corrected chi connectivity index (χ0v) is 14.1. The Morgan fingerprint density at radius 2 is 1.88 bits per heavy atom. The molecule has 0 aliphatic carbocycles. The minimum Gasteiger partial charge on any atom is -0.384 e. The van der Waals surface area contributed by atoms with Crippen molar-refractivity contribution in [2.75, 3.05) is 26.2 Å². The number of aromatic amines is 1. The Labute approximate surface area is 141 Å². The second kappa shape index (κ2) is 6.65. The second-order valence-electron chi connectivity index (χ2n) is 6.37. The number of rotatable bonds is 3. The van der Waals surface area contributed by atoms with Crippen molar-refractivity contribution < 1.29 is 14.7 Å². The molecule has 6 heteroatoms. The summed E-state index contributed by atoms with van der Waals surface area (Å²) in [4.78, 5) is 31.0. The molecule has 0 spiro atoms. The lowest BCUT2D eigenvalue weighted by atomic mass is 10.0. The van der Waals surface area contributed by atoms with E-state index in [0.29, 0.717) is 32.6 Å². The maximum atomic E-state index is 12.6. The van der Waals surface area contributed by atoms with Crippen LogP contribution in [0.5, 0.6) is 0 Å². The van der Waals surface area contributed by atoms with E-state index in [0.717, 1.165) is 22.0 Å². The Bertz CT molecular complexity index is 758. The van der Waals surface area contributed by atoms with Gasteiger partial charge in [-0.25, -0.2) is 0 Å². The van der Waals surface area contributed by atoms with Crippen molar-refractivity contribution in [3.05, 3.63) is 35.5 Å². The number of hydrogen-bond acceptors (Lipinski definition) is 3. The minimum absolute atomic E-state index is 0.0725. The van der Waals surface area contributed by atoms with Gasteiger partial charge < -0.3 is 19.9 Å². The van der Waals surface area contributed by atoms with Gasteiger partial charge in [0.25, 0.3) is 5.91 Å². The Balaban J connectivity index is 1.65. The lowest BCUT2D eigenvalue weighted by Crippen LogP contribution is -2.52. The van der Waals surface area contributed by atoms with E-state index in [-0.39, 0.29) is 11.8 Å². The van der Waals surface area contributed by atoms with Gasteiger partial charge >= 0.3 is 0 Å². The number of aryl methyl sites for hydroxylation is 1. The predicted molar refractivity (Wildman–Crippen MR) is 91.6 cm³/mol. The molecule has 0 saturated carbocycles. The number of carbonyl (C=O) groups excluding carboxylic acids is 2. The van der Waals surface area contributed by atoms with Crippen LogP contribution in [0.2, 0.25) is 0 Å². The summed E-state index contributed by atoms with van der Waals surface area (Å²) in [6.07, 6.45) is 1.28. The average Bonchev–Trinajstić information content (AvgIpc) is 2.98. The topological polar surface area (TPSA) is 76.6 Å². The minimum atomic E-state index is -0.985. The number of aliphatic hydroxyl groups excluding tert-OH is 1. The molecule has 1 fully saturated rings. The first-order valence-corrected chi connectivity index (χ1v) is 8.27.